The van der Waals surface area contributed by atoms with Crippen molar-refractivity contribution in [3.05, 3.63) is 52.1 Å². The number of oxime groups is 1. The smallest absolute Gasteiger partial charge is 0.338 e. The number of likely N-dealkylation sites (tertiary alicyclic amines) is 1. The van der Waals surface area contributed by atoms with Crippen molar-refractivity contribution >= 4 is 29.2 Å². The van der Waals surface area contributed by atoms with Crippen LogP contribution in [0.25, 0.3) is 0 Å². The zero-order valence-electron chi connectivity index (χ0n) is 20.6. The minimum Gasteiger partial charge on any atom is -0.506 e. The summed E-state index contributed by atoms with van der Waals surface area (Å²) in [7, 11) is 0. The van der Waals surface area contributed by atoms with E-state index in [1.54, 1.807) is 0 Å². The molecule has 1 atom stereocenters. The van der Waals surface area contributed by atoms with Crippen molar-refractivity contribution in [3.63, 3.8) is 0 Å². The van der Waals surface area contributed by atoms with Gasteiger partial charge in [0.1, 0.15) is 5.75 Å². The number of benzene rings is 1. The molecule has 190 valence electrons. The van der Waals surface area contributed by atoms with E-state index in [-0.39, 0.29) is 36.3 Å². The fourth-order valence-corrected chi connectivity index (χ4v) is 4.59. The van der Waals surface area contributed by atoms with Gasteiger partial charge in [-0.05, 0) is 67.7 Å². The van der Waals surface area contributed by atoms with E-state index in [1.165, 1.54) is 6.07 Å². The largest absolute Gasteiger partial charge is 0.506 e. The quantitative estimate of drug-likeness (QED) is 0.346. The highest BCUT2D eigenvalue weighted by molar-refractivity contribution is 6.33. The average molecular weight is 503 g/mol. The lowest BCUT2D eigenvalue weighted by Crippen LogP contribution is -2.40. The van der Waals surface area contributed by atoms with Gasteiger partial charge in [0.2, 0.25) is 0 Å². The molecule has 1 saturated heterocycles. The maximum absolute atomic E-state index is 13.0. The number of amides is 1. The molecule has 1 aromatic rings. The molecule has 1 amide bonds. The number of phenols is 1. The van der Waals surface area contributed by atoms with Crippen LogP contribution in [0.4, 0.5) is 0 Å². The lowest BCUT2D eigenvalue weighted by atomic mass is 9.94. The van der Waals surface area contributed by atoms with Crippen LogP contribution in [0.5, 0.6) is 5.75 Å². The zero-order valence-corrected chi connectivity index (χ0v) is 21.4. The average Bonchev–Trinajstić information content (AvgIpc) is 2.84. The number of ether oxygens (including phenoxy) is 1. The number of hydrogen-bond donors (Lipinski definition) is 1. The van der Waals surface area contributed by atoms with Crippen molar-refractivity contribution in [2.24, 2.45) is 11.1 Å². The second-order valence-corrected chi connectivity index (χ2v) is 9.45. The van der Waals surface area contributed by atoms with Crippen molar-refractivity contribution in [1.29, 1.82) is 0 Å². The highest BCUT2D eigenvalue weighted by Gasteiger charge is 2.24. The topological polar surface area (TPSA) is 88.4 Å². The lowest BCUT2D eigenvalue weighted by molar-refractivity contribution is -0.137. The number of phenolic OH excluding ortho intramolecular Hbond substituents is 1. The van der Waals surface area contributed by atoms with Crippen molar-refractivity contribution in [2.45, 2.75) is 58.8 Å². The molecule has 0 aromatic heterocycles. The van der Waals surface area contributed by atoms with E-state index in [2.05, 4.69) is 18.2 Å². The number of rotatable bonds is 4. The number of halogens is 1. The van der Waals surface area contributed by atoms with Crippen LogP contribution < -0.4 is 0 Å². The van der Waals surface area contributed by atoms with Gasteiger partial charge in [0.15, 0.2) is 6.61 Å². The number of carbonyl (C=O) groups excluding carboxylic acids is 2. The molecule has 8 heteroatoms. The standard InChI is InChI=1S/C27H35ClN2O5/c1-3-20-15-23(31)26(28)22-16-21(29-35-18-24(32)30-13-10-11-19(2)17-30)12-8-6-4-5-7-9-14-34-27(33)25(20)22/h5,7-8,12,15,19,31H,3-4,6,9-11,13-14,16-18H2,1-2H3/b7-5+,12-8+,29-21+. The number of hydrogen-bond acceptors (Lipinski definition) is 6. The molecule has 0 saturated carbocycles. The molecule has 35 heavy (non-hydrogen) atoms. The minimum absolute atomic E-state index is 0.0839. The Kier molecular flexibility index (Phi) is 10.2. The van der Waals surface area contributed by atoms with Gasteiger partial charge in [-0.3, -0.25) is 4.79 Å². The van der Waals surface area contributed by atoms with Gasteiger partial charge in [0, 0.05) is 19.5 Å². The summed E-state index contributed by atoms with van der Waals surface area (Å²) in [5, 5.41) is 14.7. The third-order valence-electron chi connectivity index (χ3n) is 6.24. The third kappa shape index (κ3) is 7.59. The van der Waals surface area contributed by atoms with Crippen LogP contribution in [0, 0.1) is 5.92 Å². The van der Waals surface area contributed by atoms with Gasteiger partial charge < -0.3 is 19.6 Å². The summed E-state index contributed by atoms with van der Waals surface area (Å²) in [5.74, 6) is -0.195. The summed E-state index contributed by atoms with van der Waals surface area (Å²) >= 11 is 6.47. The van der Waals surface area contributed by atoms with Gasteiger partial charge in [-0.25, -0.2) is 4.79 Å². The molecule has 2 aliphatic heterocycles. The number of aryl methyl sites for hydroxylation is 1. The first kappa shape index (κ1) is 26.8. The Morgan fingerprint density at radius 3 is 2.83 bits per heavy atom. The molecule has 1 N–H and O–H groups in total. The fraction of sp³-hybridized carbons (Fsp3) is 0.519. The molecular weight excluding hydrogens is 468 g/mol. The zero-order chi connectivity index (χ0) is 25.2. The van der Waals surface area contributed by atoms with Crippen LogP contribution in [0.3, 0.4) is 0 Å². The van der Waals surface area contributed by atoms with E-state index in [1.807, 2.05) is 30.1 Å². The summed E-state index contributed by atoms with van der Waals surface area (Å²) in [6.07, 6.45) is 12.9. The SMILES string of the molecule is CCc1cc(O)c(Cl)c2c1C(=O)OCC/C=C/CC/C=C/C(=N\OCC(=O)N1CCCC(C)C1)C2. The summed E-state index contributed by atoms with van der Waals surface area (Å²) in [6, 6.07) is 1.51. The Labute approximate surface area is 212 Å². The predicted octanol–water partition coefficient (Wildman–Crippen LogP) is 5.23. The van der Waals surface area contributed by atoms with E-state index >= 15 is 0 Å². The number of carbonyl (C=O) groups is 2. The number of nitrogens with zero attached hydrogens (tertiary/aromatic N) is 2. The molecule has 7 nitrogen and oxygen atoms in total. The Morgan fingerprint density at radius 2 is 2.06 bits per heavy atom. The second-order valence-electron chi connectivity index (χ2n) is 9.07. The van der Waals surface area contributed by atoms with Crippen molar-refractivity contribution < 1.29 is 24.3 Å². The van der Waals surface area contributed by atoms with Gasteiger partial charge in [0.05, 0.1) is 22.9 Å². The monoisotopic (exact) mass is 502 g/mol. The highest BCUT2D eigenvalue weighted by atomic mass is 35.5. The minimum atomic E-state index is -0.483. The number of cyclic esters (lactones) is 1. The van der Waals surface area contributed by atoms with Gasteiger partial charge in [-0.1, -0.05) is 48.8 Å². The second kappa shape index (κ2) is 13.3. The van der Waals surface area contributed by atoms with E-state index in [0.717, 1.165) is 38.8 Å². The van der Waals surface area contributed by atoms with E-state index in [9.17, 15) is 14.7 Å². The van der Waals surface area contributed by atoms with Crippen LogP contribution in [0.2, 0.25) is 5.02 Å². The maximum Gasteiger partial charge on any atom is 0.338 e. The van der Waals surface area contributed by atoms with Gasteiger partial charge in [-0.2, -0.15) is 0 Å². The molecule has 2 aliphatic rings. The number of piperidine rings is 1. The van der Waals surface area contributed by atoms with Crippen LogP contribution in [-0.2, 0) is 27.2 Å². The van der Waals surface area contributed by atoms with Crippen LogP contribution in [0.15, 0.2) is 35.5 Å². The number of allylic oxidation sites excluding steroid dienone is 3. The Balaban J connectivity index is 1.88. The molecule has 0 aliphatic carbocycles. The normalized spacial score (nSPS) is 22.6. The van der Waals surface area contributed by atoms with Gasteiger partial charge >= 0.3 is 5.97 Å². The summed E-state index contributed by atoms with van der Waals surface area (Å²) in [4.78, 5) is 32.9. The molecule has 0 bridgehead atoms. The van der Waals surface area contributed by atoms with Crippen molar-refractivity contribution in [2.75, 3.05) is 26.3 Å². The van der Waals surface area contributed by atoms with Crippen LogP contribution in [0.1, 0.15) is 67.4 Å². The van der Waals surface area contributed by atoms with E-state index < -0.39 is 5.97 Å². The fourth-order valence-electron chi connectivity index (χ4n) is 4.38. The number of esters is 1. The molecule has 1 fully saturated rings. The number of aromatic hydroxyl groups is 1. The van der Waals surface area contributed by atoms with E-state index in [0.29, 0.717) is 41.2 Å². The molecule has 1 aromatic carbocycles. The van der Waals surface area contributed by atoms with E-state index in [4.69, 9.17) is 21.2 Å². The maximum atomic E-state index is 13.0. The Hall–Kier alpha value is -2.80. The summed E-state index contributed by atoms with van der Waals surface area (Å²) in [6.45, 7) is 5.61. The first-order chi connectivity index (χ1) is 16.9. The van der Waals surface area contributed by atoms with Crippen LogP contribution >= 0.6 is 11.6 Å². The predicted molar refractivity (Wildman–Crippen MR) is 137 cm³/mol. The number of fused-ring (bicyclic) bond motifs is 1. The molecule has 2 heterocycles. The Bertz CT molecular complexity index is 1000. The van der Waals surface area contributed by atoms with Crippen LogP contribution in [-0.4, -0.2) is 53.9 Å². The first-order valence-electron chi connectivity index (χ1n) is 12.4. The molecule has 0 radical (unpaired) electrons. The summed E-state index contributed by atoms with van der Waals surface area (Å²) in [5.41, 5.74) is 1.92. The van der Waals surface area contributed by atoms with Gasteiger partial charge in [-0.15, -0.1) is 0 Å². The molecule has 0 spiro atoms. The first-order valence-corrected chi connectivity index (χ1v) is 12.8. The molecule has 1 unspecified atom stereocenters. The Morgan fingerprint density at radius 1 is 1.29 bits per heavy atom. The lowest BCUT2D eigenvalue weighted by Gasteiger charge is -2.30. The van der Waals surface area contributed by atoms with Crippen molar-refractivity contribution in [1.82, 2.24) is 4.90 Å². The molecule has 3 rings (SSSR count). The molecular formula is C27H35ClN2O5. The highest BCUT2D eigenvalue weighted by Crippen LogP contribution is 2.34. The summed E-state index contributed by atoms with van der Waals surface area (Å²) < 4.78 is 5.50. The van der Waals surface area contributed by atoms with Crippen molar-refractivity contribution in [3.8, 4) is 5.75 Å². The van der Waals surface area contributed by atoms with Gasteiger partial charge in [0.25, 0.3) is 5.91 Å². The third-order valence-corrected chi connectivity index (χ3v) is 6.66.